The van der Waals surface area contributed by atoms with Crippen LogP contribution >= 0.6 is 0 Å². The number of hydrogen-bond donors (Lipinski definition) is 1. The van der Waals surface area contributed by atoms with Gasteiger partial charge >= 0.3 is 5.97 Å². The van der Waals surface area contributed by atoms with E-state index in [1.54, 1.807) is 7.11 Å². The van der Waals surface area contributed by atoms with Crippen LogP contribution in [0.4, 0.5) is 0 Å². The Labute approximate surface area is 130 Å². The summed E-state index contributed by atoms with van der Waals surface area (Å²) in [4.78, 5) is 14.2. The molecule has 1 fully saturated rings. The highest BCUT2D eigenvalue weighted by Gasteiger charge is 2.35. The Morgan fingerprint density at radius 3 is 2.68 bits per heavy atom. The van der Waals surface area contributed by atoms with Crippen molar-refractivity contribution in [3.8, 4) is 0 Å². The zero-order chi connectivity index (χ0) is 15.9. The second-order valence-electron chi connectivity index (χ2n) is 5.29. The number of benzene rings is 1. The van der Waals surface area contributed by atoms with Gasteiger partial charge in [0.1, 0.15) is 6.04 Å². The molecule has 0 aliphatic carbocycles. The number of carbonyl (C=O) groups is 1. The number of aliphatic hydroxyl groups is 1. The highest BCUT2D eigenvalue weighted by molar-refractivity contribution is 5.76. The van der Waals surface area contributed by atoms with Crippen LogP contribution in [0.1, 0.15) is 5.56 Å². The highest BCUT2D eigenvalue weighted by Crippen LogP contribution is 2.18. The van der Waals surface area contributed by atoms with E-state index in [1.807, 2.05) is 35.2 Å². The number of rotatable bonds is 6. The lowest BCUT2D eigenvalue weighted by molar-refractivity contribution is -0.213. The fourth-order valence-corrected chi connectivity index (χ4v) is 2.65. The van der Waals surface area contributed by atoms with Crippen molar-refractivity contribution in [1.29, 1.82) is 0 Å². The molecule has 3 atom stereocenters. The van der Waals surface area contributed by atoms with E-state index in [9.17, 15) is 9.90 Å². The van der Waals surface area contributed by atoms with Crippen LogP contribution < -0.4 is 0 Å². The summed E-state index contributed by atoms with van der Waals surface area (Å²) in [7, 11) is 2.94. The summed E-state index contributed by atoms with van der Waals surface area (Å²) in [6, 6.07) is 9.35. The van der Waals surface area contributed by atoms with Gasteiger partial charge in [0.2, 0.25) is 0 Å². The van der Waals surface area contributed by atoms with Gasteiger partial charge in [0.15, 0.2) is 6.29 Å². The van der Waals surface area contributed by atoms with E-state index in [1.165, 1.54) is 7.11 Å². The van der Waals surface area contributed by atoms with Crippen molar-refractivity contribution < 1.29 is 24.1 Å². The molecule has 1 aliphatic rings. The summed E-state index contributed by atoms with van der Waals surface area (Å²) in [5.74, 6) is -0.294. The Morgan fingerprint density at radius 2 is 2.09 bits per heavy atom. The van der Waals surface area contributed by atoms with Gasteiger partial charge in [0.25, 0.3) is 0 Å². The molecule has 22 heavy (non-hydrogen) atoms. The van der Waals surface area contributed by atoms with E-state index in [0.717, 1.165) is 5.56 Å². The summed E-state index contributed by atoms with van der Waals surface area (Å²) in [5, 5.41) is 9.37. The maximum Gasteiger partial charge on any atom is 0.323 e. The molecule has 0 saturated carbocycles. The summed E-state index contributed by atoms with van der Waals surface area (Å²) in [6.45, 7) is 0.804. The quantitative estimate of drug-likeness (QED) is 0.769. The fourth-order valence-electron chi connectivity index (χ4n) is 2.65. The Bertz CT molecular complexity index is 455. The lowest BCUT2D eigenvalue weighted by Gasteiger charge is -2.39. The van der Waals surface area contributed by atoms with E-state index in [4.69, 9.17) is 14.2 Å². The van der Waals surface area contributed by atoms with Crippen LogP contribution in [0.25, 0.3) is 0 Å². The van der Waals surface area contributed by atoms with Gasteiger partial charge in [-0.05, 0) is 12.0 Å². The zero-order valence-electron chi connectivity index (χ0n) is 13.0. The van der Waals surface area contributed by atoms with Crippen LogP contribution in [-0.2, 0) is 25.4 Å². The van der Waals surface area contributed by atoms with E-state index in [0.29, 0.717) is 19.5 Å². The fraction of sp³-hybridized carbons (Fsp3) is 0.562. The number of methoxy groups -OCH3 is 2. The molecule has 0 spiro atoms. The van der Waals surface area contributed by atoms with E-state index in [-0.39, 0.29) is 18.7 Å². The Kier molecular flexibility index (Phi) is 6.33. The maximum atomic E-state index is 12.2. The number of carbonyl (C=O) groups excluding carboxylic acids is 1. The predicted octanol–water partition coefficient (Wildman–Crippen LogP) is 0.436. The largest absolute Gasteiger partial charge is 0.468 e. The average Bonchev–Trinajstić information content (AvgIpc) is 2.59. The van der Waals surface area contributed by atoms with Crippen molar-refractivity contribution >= 4 is 5.97 Å². The van der Waals surface area contributed by atoms with Crippen LogP contribution in [0.3, 0.4) is 0 Å². The van der Waals surface area contributed by atoms with Crippen molar-refractivity contribution in [3.05, 3.63) is 35.9 Å². The second kappa shape index (κ2) is 8.24. The monoisotopic (exact) mass is 309 g/mol. The molecule has 1 aliphatic heterocycles. The minimum atomic E-state index is -0.464. The predicted molar refractivity (Wildman–Crippen MR) is 80.3 cm³/mol. The van der Waals surface area contributed by atoms with Gasteiger partial charge < -0.3 is 19.3 Å². The first-order valence-electron chi connectivity index (χ1n) is 7.32. The smallest absolute Gasteiger partial charge is 0.323 e. The third-order valence-corrected chi connectivity index (χ3v) is 3.82. The van der Waals surface area contributed by atoms with Gasteiger partial charge in [0.05, 0.1) is 26.4 Å². The molecule has 6 heteroatoms. The minimum Gasteiger partial charge on any atom is -0.468 e. The Morgan fingerprint density at radius 1 is 1.36 bits per heavy atom. The summed E-state index contributed by atoms with van der Waals surface area (Å²) in [6.07, 6.45) is -0.294. The molecule has 0 aromatic heterocycles. The van der Waals surface area contributed by atoms with Gasteiger partial charge in [-0.1, -0.05) is 30.3 Å². The number of esters is 1. The Hall–Kier alpha value is -1.47. The van der Waals surface area contributed by atoms with Crippen molar-refractivity contribution in [2.24, 2.45) is 0 Å². The molecule has 0 radical (unpaired) electrons. The van der Waals surface area contributed by atoms with Crippen LogP contribution in [0.15, 0.2) is 30.3 Å². The van der Waals surface area contributed by atoms with Gasteiger partial charge in [-0.2, -0.15) is 0 Å². The molecule has 1 aromatic rings. The van der Waals surface area contributed by atoms with Crippen LogP contribution in [-0.4, -0.2) is 68.3 Å². The van der Waals surface area contributed by atoms with E-state index >= 15 is 0 Å². The molecule has 1 aromatic carbocycles. The van der Waals surface area contributed by atoms with Crippen LogP contribution in [0.2, 0.25) is 0 Å². The molecule has 0 amide bonds. The summed E-state index contributed by atoms with van der Waals surface area (Å²) < 4.78 is 15.8. The molecule has 0 bridgehead atoms. The first-order valence-corrected chi connectivity index (χ1v) is 7.32. The number of nitrogens with zero attached hydrogens (tertiary/aromatic N) is 1. The minimum absolute atomic E-state index is 0.115. The highest BCUT2D eigenvalue weighted by atomic mass is 16.7. The third kappa shape index (κ3) is 4.27. The van der Waals surface area contributed by atoms with Crippen molar-refractivity contribution in [1.82, 2.24) is 4.90 Å². The normalized spacial score (nSPS) is 24.0. The lowest BCUT2D eigenvalue weighted by atomic mass is 10.0. The van der Waals surface area contributed by atoms with E-state index < -0.39 is 12.3 Å². The van der Waals surface area contributed by atoms with Crippen molar-refractivity contribution in [2.75, 3.05) is 33.9 Å². The number of hydrogen-bond acceptors (Lipinski definition) is 6. The van der Waals surface area contributed by atoms with Crippen LogP contribution in [0.5, 0.6) is 0 Å². The van der Waals surface area contributed by atoms with E-state index in [2.05, 4.69) is 0 Å². The topological polar surface area (TPSA) is 68.2 Å². The van der Waals surface area contributed by atoms with Crippen molar-refractivity contribution in [2.45, 2.75) is 24.9 Å². The van der Waals surface area contributed by atoms with Crippen LogP contribution in [0, 0.1) is 0 Å². The SMILES string of the molecule is COC(=O)[C@@H](Cc1ccccc1)N1C[C@@H](CO)O[C@H](OC)C1. The molecule has 0 unspecified atom stereocenters. The molecule has 2 rings (SSSR count). The molecular weight excluding hydrogens is 286 g/mol. The van der Waals surface area contributed by atoms with Gasteiger partial charge in [-0.25, -0.2) is 0 Å². The average molecular weight is 309 g/mol. The molecule has 1 saturated heterocycles. The van der Waals surface area contributed by atoms with Gasteiger partial charge in [-0.3, -0.25) is 9.69 Å². The molecular formula is C16H23NO5. The summed E-state index contributed by atoms with van der Waals surface area (Å²) in [5.41, 5.74) is 1.05. The molecule has 1 heterocycles. The van der Waals surface area contributed by atoms with Crippen molar-refractivity contribution in [3.63, 3.8) is 0 Å². The number of ether oxygens (including phenoxy) is 3. The first kappa shape index (κ1) is 16.9. The lowest BCUT2D eigenvalue weighted by Crippen LogP contribution is -2.56. The molecule has 6 nitrogen and oxygen atoms in total. The molecule has 1 N–H and O–H groups in total. The first-order chi connectivity index (χ1) is 10.7. The van der Waals surface area contributed by atoms with Gasteiger partial charge in [0, 0.05) is 13.7 Å². The Balaban J connectivity index is 2.15. The zero-order valence-corrected chi connectivity index (χ0v) is 13.0. The number of aliphatic hydroxyl groups excluding tert-OH is 1. The second-order valence-corrected chi connectivity index (χ2v) is 5.29. The third-order valence-electron chi connectivity index (χ3n) is 3.82. The molecule has 122 valence electrons. The maximum absolute atomic E-state index is 12.2. The standard InChI is InChI=1S/C16H23NO5/c1-20-15-10-17(9-13(11-18)22-15)14(16(19)21-2)8-12-6-4-3-5-7-12/h3-7,13-15,18H,8-11H2,1-2H3/t13-,14+,15-/m0/s1. The summed E-state index contributed by atoms with van der Waals surface area (Å²) >= 11 is 0. The van der Waals surface area contributed by atoms with Gasteiger partial charge in [-0.15, -0.1) is 0 Å². The number of morpholine rings is 1.